The number of nitrogens with one attached hydrogen (secondary N) is 1. The molecule has 2 heterocycles. The molecule has 0 unspecified atom stereocenters. The molecule has 1 N–H and O–H groups in total. The van der Waals surface area contributed by atoms with Gasteiger partial charge in [0.05, 0.1) is 5.75 Å². The van der Waals surface area contributed by atoms with Crippen LogP contribution in [0.2, 0.25) is 0 Å². The first-order valence-electron chi connectivity index (χ1n) is 8.59. The molecule has 1 aliphatic carbocycles. The maximum atomic E-state index is 12.1. The van der Waals surface area contributed by atoms with Gasteiger partial charge in [0.25, 0.3) is 0 Å². The summed E-state index contributed by atoms with van der Waals surface area (Å²) in [7, 11) is 0. The molecule has 2 aromatic heterocycles. The number of aromatic nitrogens is 3. The Hall–Kier alpha value is -1.34. The zero-order chi connectivity index (χ0) is 16.9. The molecule has 3 rings (SSSR count). The van der Waals surface area contributed by atoms with Gasteiger partial charge >= 0.3 is 0 Å². The first-order valence-corrected chi connectivity index (χ1v) is 10.5. The highest BCUT2D eigenvalue weighted by molar-refractivity contribution is 7.99. The minimum atomic E-state index is 0.0823. The van der Waals surface area contributed by atoms with Crippen molar-refractivity contribution in [2.45, 2.75) is 63.2 Å². The number of carbonyl (C=O) groups excluding carboxylic acids is 1. The number of rotatable bonds is 9. The van der Waals surface area contributed by atoms with Crippen molar-refractivity contribution in [2.75, 3.05) is 5.75 Å². The van der Waals surface area contributed by atoms with Crippen LogP contribution in [0, 0.1) is 0 Å². The molecule has 0 aromatic carbocycles. The molecule has 0 aliphatic heterocycles. The molecule has 0 spiro atoms. The monoisotopic (exact) mass is 364 g/mol. The van der Waals surface area contributed by atoms with Gasteiger partial charge in [-0.15, -0.1) is 21.5 Å². The van der Waals surface area contributed by atoms with Gasteiger partial charge in [-0.05, 0) is 37.1 Å². The lowest BCUT2D eigenvalue weighted by Crippen LogP contribution is -2.35. The molecule has 0 radical (unpaired) electrons. The van der Waals surface area contributed by atoms with E-state index in [-0.39, 0.29) is 11.9 Å². The smallest absolute Gasteiger partial charge is 0.230 e. The Morgan fingerprint density at radius 1 is 1.42 bits per heavy atom. The number of thioether (sulfide) groups is 1. The number of thiophene rings is 1. The Labute approximate surface area is 151 Å². The quantitative estimate of drug-likeness (QED) is 0.690. The Balaban J connectivity index is 1.63. The summed E-state index contributed by atoms with van der Waals surface area (Å²) < 4.78 is 2.24. The van der Waals surface area contributed by atoms with Crippen LogP contribution in [0.3, 0.4) is 0 Å². The van der Waals surface area contributed by atoms with Gasteiger partial charge in [0, 0.05) is 23.4 Å². The maximum Gasteiger partial charge on any atom is 0.230 e. The predicted octanol–water partition coefficient (Wildman–Crippen LogP) is 3.66. The van der Waals surface area contributed by atoms with Crippen molar-refractivity contribution in [1.29, 1.82) is 0 Å². The molecule has 130 valence electrons. The number of hydrogen-bond acceptors (Lipinski definition) is 5. The summed E-state index contributed by atoms with van der Waals surface area (Å²) >= 11 is 3.25. The van der Waals surface area contributed by atoms with E-state index < -0.39 is 0 Å². The van der Waals surface area contributed by atoms with Gasteiger partial charge in [-0.3, -0.25) is 4.79 Å². The topological polar surface area (TPSA) is 59.8 Å². The van der Waals surface area contributed by atoms with Gasteiger partial charge in [-0.2, -0.15) is 0 Å². The fraction of sp³-hybridized carbons (Fsp3) is 0.588. The van der Waals surface area contributed by atoms with Crippen LogP contribution in [0.4, 0.5) is 0 Å². The van der Waals surface area contributed by atoms with E-state index in [0.717, 1.165) is 30.2 Å². The molecule has 0 saturated heterocycles. The second-order valence-electron chi connectivity index (χ2n) is 6.13. The van der Waals surface area contributed by atoms with Gasteiger partial charge < -0.3 is 9.88 Å². The molecule has 2 aromatic rings. The summed E-state index contributed by atoms with van der Waals surface area (Å²) in [5, 5.41) is 14.8. The van der Waals surface area contributed by atoms with Crippen molar-refractivity contribution in [1.82, 2.24) is 20.1 Å². The first-order chi connectivity index (χ1) is 11.7. The molecule has 0 atom stereocenters. The minimum Gasteiger partial charge on any atom is -0.353 e. The Morgan fingerprint density at radius 2 is 2.21 bits per heavy atom. The summed E-state index contributed by atoms with van der Waals surface area (Å²) in [4.78, 5) is 13.4. The molecule has 7 heteroatoms. The largest absolute Gasteiger partial charge is 0.353 e. The van der Waals surface area contributed by atoms with Crippen LogP contribution in [-0.2, 0) is 11.2 Å². The third-order valence-corrected chi connectivity index (χ3v) is 6.06. The van der Waals surface area contributed by atoms with Gasteiger partial charge in [-0.1, -0.05) is 31.7 Å². The summed E-state index contributed by atoms with van der Waals surface area (Å²) in [5.41, 5.74) is 0. The number of nitrogens with zero attached hydrogens (tertiary/aromatic N) is 3. The van der Waals surface area contributed by atoms with Crippen LogP contribution in [0.25, 0.3) is 0 Å². The Morgan fingerprint density at radius 3 is 2.83 bits per heavy atom. The Bertz CT molecular complexity index is 660. The van der Waals surface area contributed by atoms with Gasteiger partial charge in [-0.25, -0.2) is 0 Å². The fourth-order valence-electron chi connectivity index (χ4n) is 2.69. The van der Waals surface area contributed by atoms with E-state index in [2.05, 4.69) is 51.4 Å². The summed E-state index contributed by atoms with van der Waals surface area (Å²) in [5.74, 6) is 1.50. The average Bonchev–Trinajstić information content (AvgIpc) is 3.14. The highest BCUT2D eigenvalue weighted by atomic mass is 32.2. The lowest BCUT2D eigenvalue weighted by molar-refractivity contribution is -0.119. The van der Waals surface area contributed by atoms with Crippen molar-refractivity contribution in [3.8, 4) is 0 Å². The predicted molar refractivity (Wildman–Crippen MR) is 98.7 cm³/mol. The van der Waals surface area contributed by atoms with Crippen LogP contribution >= 0.6 is 23.1 Å². The number of carbonyl (C=O) groups is 1. The summed E-state index contributed by atoms with van der Waals surface area (Å²) in [6.07, 6.45) is 5.12. The summed E-state index contributed by atoms with van der Waals surface area (Å²) in [6.45, 7) is 4.20. The molecule has 0 bridgehead atoms. The number of hydrogen-bond donors (Lipinski definition) is 1. The van der Waals surface area contributed by atoms with Crippen molar-refractivity contribution >= 4 is 29.0 Å². The molecule has 1 saturated carbocycles. The molecule has 5 nitrogen and oxygen atoms in total. The van der Waals surface area contributed by atoms with E-state index in [4.69, 9.17) is 0 Å². The maximum absolute atomic E-state index is 12.1. The highest BCUT2D eigenvalue weighted by Gasteiger charge is 2.30. The second-order valence-corrected chi connectivity index (χ2v) is 8.10. The van der Waals surface area contributed by atoms with Gasteiger partial charge in [0.15, 0.2) is 5.16 Å². The molecule has 1 fully saturated rings. The van der Waals surface area contributed by atoms with Crippen molar-refractivity contribution in [3.63, 3.8) is 0 Å². The van der Waals surface area contributed by atoms with Crippen molar-refractivity contribution in [3.05, 3.63) is 28.2 Å². The minimum absolute atomic E-state index is 0.0823. The molecule has 1 amide bonds. The second kappa shape index (κ2) is 8.16. The fourth-order valence-corrected chi connectivity index (χ4v) is 4.22. The van der Waals surface area contributed by atoms with Gasteiger partial charge in [0.2, 0.25) is 5.91 Å². The van der Waals surface area contributed by atoms with E-state index in [9.17, 15) is 4.79 Å². The van der Waals surface area contributed by atoms with Crippen LogP contribution in [-0.4, -0.2) is 32.5 Å². The van der Waals surface area contributed by atoms with E-state index >= 15 is 0 Å². The summed E-state index contributed by atoms with van der Waals surface area (Å²) in [6, 6.07) is 4.98. The van der Waals surface area contributed by atoms with E-state index in [1.165, 1.54) is 29.5 Å². The lowest BCUT2D eigenvalue weighted by atomic mass is 10.2. The van der Waals surface area contributed by atoms with Crippen molar-refractivity contribution in [2.24, 2.45) is 0 Å². The van der Waals surface area contributed by atoms with Gasteiger partial charge in [0.1, 0.15) is 5.82 Å². The molecule has 24 heavy (non-hydrogen) atoms. The normalized spacial score (nSPS) is 14.3. The molecular formula is C17H24N4OS2. The standard InChI is InChI=1S/C17H24N4OS2/c1-3-12(4-2)18-16(22)11-24-17-20-19-15(21(17)13-7-8-13)10-14-6-5-9-23-14/h5-6,9,12-13H,3-4,7-8,10-11H2,1-2H3,(H,18,22). The molecular weight excluding hydrogens is 340 g/mol. The zero-order valence-electron chi connectivity index (χ0n) is 14.2. The Kier molecular flexibility index (Phi) is 5.94. The van der Waals surface area contributed by atoms with Crippen LogP contribution in [0.1, 0.15) is 56.3 Å². The average molecular weight is 365 g/mol. The van der Waals surface area contributed by atoms with Crippen LogP contribution in [0.5, 0.6) is 0 Å². The SMILES string of the molecule is CCC(CC)NC(=O)CSc1nnc(Cc2cccs2)n1C1CC1. The van der Waals surface area contributed by atoms with Crippen LogP contribution in [0.15, 0.2) is 22.7 Å². The number of amides is 1. The lowest BCUT2D eigenvalue weighted by Gasteiger charge is -2.14. The third-order valence-electron chi connectivity index (χ3n) is 4.24. The van der Waals surface area contributed by atoms with E-state index in [0.29, 0.717) is 11.8 Å². The van der Waals surface area contributed by atoms with E-state index in [1.807, 2.05) is 0 Å². The molecule has 1 aliphatic rings. The van der Waals surface area contributed by atoms with E-state index in [1.54, 1.807) is 11.3 Å². The first kappa shape index (κ1) is 17.5. The third kappa shape index (κ3) is 4.39. The zero-order valence-corrected chi connectivity index (χ0v) is 15.8. The van der Waals surface area contributed by atoms with Crippen molar-refractivity contribution < 1.29 is 4.79 Å². The van der Waals surface area contributed by atoms with Crippen LogP contribution < -0.4 is 5.32 Å². The highest BCUT2D eigenvalue weighted by Crippen LogP contribution is 2.39.